The van der Waals surface area contributed by atoms with Gasteiger partial charge in [0.15, 0.2) is 17.0 Å². The summed E-state index contributed by atoms with van der Waals surface area (Å²) in [5.41, 5.74) is 6.75. The molecule has 39 heavy (non-hydrogen) atoms. The van der Waals surface area contributed by atoms with Crippen LogP contribution < -0.4 is 20.7 Å². The highest BCUT2D eigenvalue weighted by molar-refractivity contribution is 8.09. The van der Waals surface area contributed by atoms with E-state index in [1.165, 1.54) is 6.33 Å². The molecule has 0 unspecified atom stereocenters. The fraction of sp³-hybridized carbons (Fsp3) is 0.500. The van der Waals surface area contributed by atoms with Crippen molar-refractivity contribution in [3.8, 4) is 5.75 Å². The van der Waals surface area contributed by atoms with E-state index in [0.717, 1.165) is 0 Å². The van der Waals surface area contributed by atoms with E-state index >= 15 is 4.39 Å². The summed E-state index contributed by atoms with van der Waals surface area (Å²) in [6, 6.07) is 7.86. The number of nitrogens with one attached hydrogen (secondary N) is 2. The van der Waals surface area contributed by atoms with Crippen LogP contribution in [0.25, 0.3) is 11.2 Å². The Labute approximate surface area is 231 Å². The predicted octanol–water partition coefficient (Wildman–Crippen LogP) is 3.92. The Bertz CT molecular complexity index is 1360. The molecule has 212 valence electrons. The first kappa shape index (κ1) is 29.1. The lowest BCUT2D eigenvalue weighted by Crippen LogP contribution is -2.37. The van der Waals surface area contributed by atoms with Crippen molar-refractivity contribution >= 4 is 47.3 Å². The molecule has 5 atom stereocenters. The molecule has 0 aliphatic carbocycles. The number of anilines is 2. The molecule has 12 nitrogen and oxygen atoms in total. The van der Waals surface area contributed by atoms with Crippen LogP contribution in [0.15, 0.2) is 36.7 Å². The van der Waals surface area contributed by atoms with Gasteiger partial charge in [0.1, 0.15) is 24.6 Å². The van der Waals surface area contributed by atoms with Gasteiger partial charge in [0.25, 0.3) is 0 Å². The van der Waals surface area contributed by atoms with Crippen molar-refractivity contribution in [3.05, 3.63) is 36.7 Å². The zero-order valence-electron chi connectivity index (χ0n) is 22.3. The Balaban J connectivity index is 1.53. The molecule has 3 heterocycles. The highest BCUT2D eigenvalue weighted by atomic mass is 32.5. The SMILES string of the molecule is CNc1nc(N)nc2c1ncn2[C@@H]1O[C@](F)(CO[P@@](=S)(N[C@@H](C)C(=O)OC(C)C)Oc2ccccc2)C[C@@H]1C. The maximum atomic E-state index is 16.1. The lowest BCUT2D eigenvalue weighted by atomic mass is 10.1. The second kappa shape index (κ2) is 11.7. The first-order valence-corrected chi connectivity index (χ1v) is 15.1. The molecule has 4 rings (SSSR count). The van der Waals surface area contributed by atoms with Gasteiger partial charge in [0.05, 0.1) is 12.4 Å². The maximum absolute atomic E-state index is 16.1. The van der Waals surface area contributed by atoms with Crippen LogP contribution in [0.2, 0.25) is 0 Å². The monoisotopic (exact) mass is 581 g/mol. The molecule has 15 heteroatoms. The fourth-order valence-corrected chi connectivity index (χ4v) is 6.61. The molecule has 1 aromatic carbocycles. The molecule has 0 amide bonds. The molecule has 1 aliphatic heterocycles. The average molecular weight is 582 g/mol. The summed E-state index contributed by atoms with van der Waals surface area (Å²) >= 11 is 5.69. The lowest BCUT2D eigenvalue weighted by Gasteiger charge is -2.29. The van der Waals surface area contributed by atoms with Gasteiger partial charge >= 0.3 is 12.6 Å². The van der Waals surface area contributed by atoms with Crippen molar-refractivity contribution in [3.63, 3.8) is 0 Å². The number of aromatic nitrogens is 4. The smallest absolute Gasteiger partial charge is 0.323 e. The number of esters is 1. The first-order valence-electron chi connectivity index (χ1n) is 12.4. The van der Waals surface area contributed by atoms with Gasteiger partial charge in [-0.15, -0.1) is 0 Å². The number of nitrogen functional groups attached to an aromatic ring is 1. The van der Waals surface area contributed by atoms with Crippen LogP contribution in [0, 0.1) is 5.92 Å². The topological polar surface area (TPSA) is 148 Å². The summed E-state index contributed by atoms with van der Waals surface area (Å²) in [6.45, 7) is 2.92. The van der Waals surface area contributed by atoms with Crippen LogP contribution >= 0.6 is 6.64 Å². The molecule has 2 aromatic heterocycles. The van der Waals surface area contributed by atoms with E-state index < -0.39 is 37.3 Å². The Morgan fingerprint density at radius 3 is 2.72 bits per heavy atom. The fourth-order valence-electron chi connectivity index (χ4n) is 4.20. The largest absolute Gasteiger partial charge is 0.462 e. The lowest BCUT2D eigenvalue weighted by molar-refractivity contribution is -0.172. The average Bonchev–Trinajstić information content (AvgIpc) is 3.42. The number of benzene rings is 1. The van der Waals surface area contributed by atoms with Crippen molar-refractivity contribution in [1.82, 2.24) is 24.6 Å². The van der Waals surface area contributed by atoms with Gasteiger partial charge in [-0.3, -0.25) is 9.36 Å². The number of nitrogens with zero attached hydrogens (tertiary/aromatic N) is 4. The normalized spacial score (nSPS) is 23.5. The third-order valence-electron chi connectivity index (χ3n) is 5.87. The number of ether oxygens (including phenoxy) is 2. The van der Waals surface area contributed by atoms with Crippen molar-refractivity contribution < 1.29 is 27.7 Å². The van der Waals surface area contributed by atoms with Crippen LogP contribution in [0.4, 0.5) is 16.2 Å². The molecule has 0 saturated carbocycles. The summed E-state index contributed by atoms with van der Waals surface area (Å²) in [5.74, 6) is -2.12. The number of hydrogen-bond acceptors (Lipinski definition) is 11. The summed E-state index contributed by atoms with van der Waals surface area (Å²) in [6.07, 6.45) is 0.449. The number of hydrogen-bond donors (Lipinski definition) is 3. The second-order valence-electron chi connectivity index (χ2n) is 9.59. The van der Waals surface area contributed by atoms with E-state index in [0.29, 0.717) is 22.7 Å². The summed E-state index contributed by atoms with van der Waals surface area (Å²) < 4.78 is 40.8. The molecule has 4 N–H and O–H groups in total. The molecule has 0 spiro atoms. The first-order chi connectivity index (χ1) is 18.4. The van der Waals surface area contributed by atoms with E-state index in [2.05, 4.69) is 25.4 Å². The summed E-state index contributed by atoms with van der Waals surface area (Å²) in [7, 11) is 1.69. The molecule has 0 radical (unpaired) electrons. The van der Waals surface area contributed by atoms with Gasteiger partial charge in [-0.1, -0.05) is 25.1 Å². The molecule has 1 fully saturated rings. The van der Waals surface area contributed by atoms with Crippen LogP contribution in [0.1, 0.15) is 40.3 Å². The highest BCUT2D eigenvalue weighted by Crippen LogP contribution is 2.49. The third-order valence-corrected chi connectivity index (χ3v) is 8.35. The van der Waals surface area contributed by atoms with Gasteiger partial charge in [0, 0.05) is 19.4 Å². The molecule has 1 aliphatic rings. The van der Waals surface area contributed by atoms with Crippen LogP contribution in [-0.2, 0) is 30.6 Å². The number of carbonyl (C=O) groups is 1. The predicted molar refractivity (Wildman–Crippen MR) is 148 cm³/mol. The minimum Gasteiger partial charge on any atom is -0.462 e. The number of halogens is 1. The van der Waals surface area contributed by atoms with Gasteiger partial charge < -0.3 is 29.6 Å². The van der Waals surface area contributed by atoms with Crippen molar-refractivity contribution in [2.75, 3.05) is 24.7 Å². The number of para-hydroxylation sites is 1. The highest BCUT2D eigenvalue weighted by Gasteiger charge is 2.48. The summed E-state index contributed by atoms with van der Waals surface area (Å²) in [5, 5.41) is 5.84. The van der Waals surface area contributed by atoms with E-state index in [9.17, 15) is 4.79 Å². The van der Waals surface area contributed by atoms with Crippen LogP contribution in [-0.4, -0.2) is 57.1 Å². The van der Waals surface area contributed by atoms with Gasteiger partial charge in [-0.2, -0.15) is 9.97 Å². The number of nitrogens with two attached hydrogens (primary N) is 1. The Morgan fingerprint density at radius 2 is 2.05 bits per heavy atom. The quantitative estimate of drug-likeness (QED) is 0.223. The van der Waals surface area contributed by atoms with E-state index in [1.807, 2.05) is 13.0 Å². The molecule has 3 aromatic rings. The Kier molecular flexibility index (Phi) is 8.72. The molecule has 1 saturated heterocycles. The maximum Gasteiger partial charge on any atom is 0.323 e. The number of carbonyl (C=O) groups excluding carboxylic acids is 1. The minimum absolute atomic E-state index is 0.00239. The van der Waals surface area contributed by atoms with Crippen LogP contribution in [0.3, 0.4) is 0 Å². The van der Waals surface area contributed by atoms with Gasteiger partial charge in [-0.05, 0) is 44.7 Å². The van der Waals surface area contributed by atoms with Crippen molar-refractivity contribution in [2.45, 2.75) is 58.3 Å². The van der Waals surface area contributed by atoms with E-state index in [-0.39, 0.29) is 24.4 Å². The molecular formula is C24H33FN7O5PS. The number of imidazole rings is 1. The summed E-state index contributed by atoms with van der Waals surface area (Å²) in [4.78, 5) is 25.2. The Hall–Kier alpha value is -2.90. The van der Waals surface area contributed by atoms with E-state index in [4.69, 9.17) is 36.1 Å². The van der Waals surface area contributed by atoms with Crippen molar-refractivity contribution in [2.24, 2.45) is 5.92 Å². The zero-order valence-corrected chi connectivity index (χ0v) is 24.0. The van der Waals surface area contributed by atoms with E-state index in [1.54, 1.807) is 56.7 Å². The number of fused-ring (bicyclic) bond motifs is 1. The van der Waals surface area contributed by atoms with Crippen LogP contribution in [0.5, 0.6) is 5.75 Å². The van der Waals surface area contributed by atoms with Crippen molar-refractivity contribution in [1.29, 1.82) is 0 Å². The standard InChI is InChI=1S/C24H33FN7O5PS/c1-14(2)35-22(33)16(4)31-38(39,37-17-9-7-6-8-10-17)34-12-24(25)11-15(3)21(36-24)32-13-28-18-19(27-5)29-23(26)30-20(18)32/h6-10,13-16,21H,11-12H2,1-5H3,(H,31,39)(H3,26,27,29,30)/t15-,16-,21+,24-,38-/m0/s1. The zero-order chi connectivity index (χ0) is 28.4. The second-order valence-corrected chi connectivity index (χ2v) is 12.7. The van der Waals surface area contributed by atoms with Gasteiger partial charge in [-0.25, -0.2) is 14.5 Å². The number of alkyl halides is 1. The minimum atomic E-state index is -3.45. The molecule has 0 bridgehead atoms. The molecular weight excluding hydrogens is 548 g/mol. The Morgan fingerprint density at radius 1 is 1.33 bits per heavy atom. The third kappa shape index (κ3) is 6.82. The van der Waals surface area contributed by atoms with Gasteiger partial charge in [0.2, 0.25) is 11.8 Å². The number of rotatable bonds is 11.